The standard InChI is InChI=1S/C17H22N2O2.ClH/c20-17(21)9-5-11-19-10-4-3-8-16(19)15-12-13-6-1-2-7-14(13)18-15;/h1-2,6-7,12,16,18H,3-5,8-11H2,(H,20,21);1H. The average molecular weight is 323 g/mol. The number of hydrogen-bond acceptors (Lipinski definition) is 2. The number of aliphatic carboxylic acids is 1. The Morgan fingerprint density at radius 2 is 2.14 bits per heavy atom. The first-order valence-electron chi connectivity index (χ1n) is 7.77. The van der Waals surface area contributed by atoms with Crippen molar-refractivity contribution in [1.82, 2.24) is 9.88 Å². The molecule has 1 aliphatic rings. The van der Waals surface area contributed by atoms with Gasteiger partial charge in [-0.2, -0.15) is 0 Å². The third kappa shape index (κ3) is 3.81. The zero-order valence-corrected chi connectivity index (χ0v) is 13.4. The van der Waals surface area contributed by atoms with Crippen LogP contribution in [-0.2, 0) is 4.79 Å². The van der Waals surface area contributed by atoms with E-state index in [4.69, 9.17) is 5.11 Å². The maximum absolute atomic E-state index is 10.7. The third-order valence-corrected chi connectivity index (χ3v) is 4.36. The molecule has 2 heterocycles. The van der Waals surface area contributed by atoms with E-state index in [1.54, 1.807) is 0 Å². The molecule has 1 atom stereocenters. The van der Waals surface area contributed by atoms with Gasteiger partial charge in [0.1, 0.15) is 0 Å². The second-order valence-electron chi connectivity index (χ2n) is 5.86. The molecule has 0 radical (unpaired) electrons. The van der Waals surface area contributed by atoms with Gasteiger partial charge in [0.2, 0.25) is 0 Å². The summed E-state index contributed by atoms with van der Waals surface area (Å²) >= 11 is 0. The molecule has 0 spiro atoms. The zero-order chi connectivity index (χ0) is 14.7. The van der Waals surface area contributed by atoms with Crippen molar-refractivity contribution in [3.63, 3.8) is 0 Å². The summed E-state index contributed by atoms with van der Waals surface area (Å²) in [7, 11) is 0. The van der Waals surface area contributed by atoms with Crippen LogP contribution in [0.4, 0.5) is 0 Å². The normalized spacial score (nSPS) is 19.0. The van der Waals surface area contributed by atoms with Crippen LogP contribution >= 0.6 is 12.4 Å². The SMILES string of the molecule is Cl.O=C(O)CCCN1CCCCC1c1cc2ccccc2[nH]1. The molecule has 1 unspecified atom stereocenters. The monoisotopic (exact) mass is 322 g/mol. The molecule has 1 aromatic heterocycles. The van der Waals surface area contributed by atoms with E-state index in [1.165, 1.54) is 29.4 Å². The molecule has 1 aliphatic heterocycles. The van der Waals surface area contributed by atoms with Gasteiger partial charge >= 0.3 is 5.97 Å². The van der Waals surface area contributed by atoms with Crippen LogP contribution in [0, 0.1) is 0 Å². The highest BCUT2D eigenvalue weighted by molar-refractivity contribution is 5.85. The molecule has 2 aromatic rings. The summed E-state index contributed by atoms with van der Waals surface area (Å²) in [6.45, 7) is 1.94. The van der Waals surface area contributed by atoms with Crippen LogP contribution < -0.4 is 0 Å². The van der Waals surface area contributed by atoms with Gasteiger partial charge in [-0.1, -0.05) is 24.6 Å². The first kappa shape index (κ1) is 16.8. The number of carbonyl (C=O) groups is 1. The molecule has 120 valence electrons. The molecule has 3 rings (SSSR count). The summed E-state index contributed by atoms with van der Waals surface area (Å²) in [4.78, 5) is 16.7. The lowest BCUT2D eigenvalue weighted by molar-refractivity contribution is -0.137. The Bertz CT molecular complexity index is 593. The van der Waals surface area contributed by atoms with E-state index < -0.39 is 5.97 Å². The zero-order valence-electron chi connectivity index (χ0n) is 12.6. The number of likely N-dealkylation sites (tertiary alicyclic amines) is 1. The van der Waals surface area contributed by atoms with Crippen LogP contribution in [-0.4, -0.2) is 34.0 Å². The van der Waals surface area contributed by atoms with Crippen LogP contribution in [0.25, 0.3) is 10.9 Å². The van der Waals surface area contributed by atoms with Crippen molar-refractivity contribution in [2.45, 2.75) is 38.1 Å². The van der Waals surface area contributed by atoms with Gasteiger partial charge in [0.05, 0.1) is 0 Å². The summed E-state index contributed by atoms with van der Waals surface area (Å²) in [5.41, 5.74) is 2.45. The molecule has 0 saturated carbocycles. The van der Waals surface area contributed by atoms with E-state index >= 15 is 0 Å². The highest BCUT2D eigenvalue weighted by Crippen LogP contribution is 2.32. The minimum atomic E-state index is -0.700. The fourth-order valence-electron chi connectivity index (χ4n) is 3.32. The van der Waals surface area contributed by atoms with Crippen molar-refractivity contribution in [3.8, 4) is 0 Å². The Morgan fingerprint density at radius 3 is 2.91 bits per heavy atom. The van der Waals surface area contributed by atoms with Crippen molar-refractivity contribution >= 4 is 29.3 Å². The Labute approximate surface area is 136 Å². The number of rotatable bonds is 5. The number of carboxylic acids is 1. The largest absolute Gasteiger partial charge is 0.481 e. The quantitative estimate of drug-likeness (QED) is 0.875. The summed E-state index contributed by atoms with van der Waals surface area (Å²) in [5, 5.41) is 10.0. The molecular weight excluding hydrogens is 300 g/mol. The predicted molar refractivity (Wildman–Crippen MR) is 90.6 cm³/mol. The lowest BCUT2D eigenvalue weighted by Crippen LogP contribution is -2.34. The van der Waals surface area contributed by atoms with Crippen molar-refractivity contribution in [1.29, 1.82) is 0 Å². The second kappa shape index (κ2) is 7.65. The first-order chi connectivity index (χ1) is 10.2. The van der Waals surface area contributed by atoms with Gasteiger partial charge in [0, 0.05) is 23.7 Å². The van der Waals surface area contributed by atoms with E-state index in [1.807, 2.05) is 6.07 Å². The molecule has 0 amide bonds. The van der Waals surface area contributed by atoms with E-state index in [-0.39, 0.29) is 18.8 Å². The molecule has 2 N–H and O–H groups in total. The summed E-state index contributed by atoms with van der Waals surface area (Å²) < 4.78 is 0. The number of nitrogens with zero attached hydrogens (tertiary/aromatic N) is 1. The molecule has 0 bridgehead atoms. The molecule has 1 saturated heterocycles. The number of aromatic nitrogens is 1. The Hall–Kier alpha value is -1.52. The first-order valence-corrected chi connectivity index (χ1v) is 7.77. The van der Waals surface area contributed by atoms with Crippen molar-refractivity contribution in [2.75, 3.05) is 13.1 Å². The molecular formula is C17H23ClN2O2. The summed E-state index contributed by atoms with van der Waals surface area (Å²) in [6.07, 6.45) is 4.60. The Kier molecular flexibility index (Phi) is 5.86. The highest BCUT2D eigenvalue weighted by Gasteiger charge is 2.24. The highest BCUT2D eigenvalue weighted by atomic mass is 35.5. The third-order valence-electron chi connectivity index (χ3n) is 4.36. The number of nitrogens with one attached hydrogen (secondary N) is 1. The number of benzene rings is 1. The van der Waals surface area contributed by atoms with Gasteiger partial charge in [-0.05, 0) is 49.9 Å². The van der Waals surface area contributed by atoms with Crippen molar-refractivity contribution in [3.05, 3.63) is 36.0 Å². The molecule has 0 aliphatic carbocycles. The number of carboxylic acid groups (broad SMARTS) is 1. The number of fused-ring (bicyclic) bond motifs is 1. The molecule has 5 heteroatoms. The lowest BCUT2D eigenvalue weighted by Gasteiger charge is -2.35. The molecule has 22 heavy (non-hydrogen) atoms. The maximum Gasteiger partial charge on any atom is 0.303 e. The van der Waals surface area contributed by atoms with E-state index in [0.29, 0.717) is 6.04 Å². The minimum Gasteiger partial charge on any atom is -0.481 e. The summed E-state index contributed by atoms with van der Waals surface area (Å²) in [5.74, 6) is -0.700. The second-order valence-corrected chi connectivity index (χ2v) is 5.86. The van der Waals surface area contributed by atoms with Crippen LogP contribution in [0.1, 0.15) is 43.8 Å². The minimum absolute atomic E-state index is 0. The number of para-hydroxylation sites is 1. The van der Waals surface area contributed by atoms with Crippen LogP contribution in [0.2, 0.25) is 0 Å². The smallest absolute Gasteiger partial charge is 0.303 e. The number of piperidine rings is 1. The van der Waals surface area contributed by atoms with Gasteiger partial charge in [0.25, 0.3) is 0 Å². The molecule has 4 nitrogen and oxygen atoms in total. The summed E-state index contributed by atoms with van der Waals surface area (Å²) in [6, 6.07) is 11.0. The van der Waals surface area contributed by atoms with Gasteiger partial charge < -0.3 is 10.1 Å². The maximum atomic E-state index is 10.7. The van der Waals surface area contributed by atoms with Gasteiger partial charge in [-0.15, -0.1) is 12.4 Å². The number of hydrogen-bond donors (Lipinski definition) is 2. The van der Waals surface area contributed by atoms with Crippen LogP contribution in [0.5, 0.6) is 0 Å². The average Bonchev–Trinajstić information content (AvgIpc) is 2.91. The Morgan fingerprint density at radius 1 is 1.32 bits per heavy atom. The van der Waals surface area contributed by atoms with E-state index in [0.717, 1.165) is 25.9 Å². The lowest BCUT2D eigenvalue weighted by atomic mass is 9.99. The topological polar surface area (TPSA) is 56.3 Å². The molecule has 1 aromatic carbocycles. The van der Waals surface area contributed by atoms with E-state index in [2.05, 4.69) is 34.1 Å². The fraction of sp³-hybridized carbons (Fsp3) is 0.471. The van der Waals surface area contributed by atoms with Gasteiger partial charge in [-0.3, -0.25) is 9.69 Å². The van der Waals surface area contributed by atoms with Gasteiger partial charge in [-0.25, -0.2) is 0 Å². The van der Waals surface area contributed by atoms with Crippen LogP contribution in [0.3, 0.4) is 0 Å². The predicted octanol–water partition coefficient (Wildman–Crippen LogP) is 3.98. The number of aromatic amines is 1. The molecule has 1 fully saturated rings. The Balaban J connectivity index is 0.00000176. The van der Waals surface area contributed by atoms with E-state index in [9.17, 15) is 4.79 Å². The van der Waals surface area contributed by atoms with Gasteiger partial charge in [0.15, 0.2) is 0 Å². The fourth-order valence-corrected chi connectivity index (χ4v) is 3.32. The van der Waals surface area contributed by atoms with Crippen molar-refractivity contribution in [2.24, 2.45) is 0 Å². The number of halogens is 1. The van der Waals surface area contributed by atoms with Crippen molar-refractivity contribution < 1.29 is 9.90 Å². The van der Waals surface area contributed by atoms with Crippen LogP contribution in [0.15, 0.2) is 30.3 Å². The number of H-pyrrole nitrogens is 1.